The lowest BCUT2D eigenvalue weighted by Crippen LogP contribution is -2.23. The Kier molecular flexibility index (Phi) is 5.98. The molecule has 0 fully saturated rings. The molecular weight excluding hydrogens is 237 g/mol. The minimum Gasteiger partial charge on any atom is -0.496 e. The maximum absolute atomic E-state index is 9.36. The van der Waals surface area contributed by atoms with Crippen molar-refractivity contribution in [2.75, 3.05) is 7.11 Å². The first kappa shape index (κ1) is 14.5. The summed E-state index contributed by atoms with van der Waals surface area (Å²) in [5, 5.41) is 9.94. The number of benzene rings is 1. The molecule has 0 aliphatic rings. The molecule has 2 atom stereocenters. The second-order valence-electron chi connectivity index (χ2n) is 3.15. The fraction of sp³-hybridized carbons (Fsp3) is 0.400. The minimum absolute atomic E-state index is 0. The van der Waals surface area contributed by atoms with Gasteiger partial charge in [-0.05, 0) is 25.1 Å². The lowest BCUT2D eigenvalue weighted by Gasteiger charge is -2.18. The van der Waals surface area contributed by atoms with Crippen LogP contribution in [0.3, 0.4) is 0 Å². The average molecular weight is 252 g/mol. The molecule has 1 aromatic carbocycles. The Hall–Kier alpha value is -0.480. The quantitative estimate of drug-likeness (QED) is 0.866. The van der Waals surface area contributed by atoms with Crippen LogP contribution in [0.5, 0.6) is 5.75 Å². The smallest absolute Gasteiger partial charge is 0.123 e. The summed E-state index contributed by atoms with van der Waals surface area (Å²) in [4.78, 5) is 0. The van der Waals surface area contributed by atoms with Crippen LogP contribution in [0.15, 0.2) is 18.2 Å². The third kappa shape index (κ3) is 3.54. The van der Waals surface area contributed by atoms with Crippen molar-refractivity contribution in [1.82, 2.24) is 0 Å². The highest BCUT2D eigenvalue weighted by molar-refractivity contribution is 6.30. The van der Waals surface area contributed by atoms with Gasteiger partial charge in [0.1, 0.15) is 5.75 Å². The first-order valence-electron chi connectivity index (χ1n) is 4.33. The van der Waals surface area contributed by atoms with Crippen LogP contribution in [0, 0.1) is 0 Å². The van der Waals surface area contributed by atoms with E-state index in [4.69, 9.17) is 22.1 Å². The van der Waals surface area contributed by atoms with Crippen molar-refractivity contribution in [3.63, 3.8) is 0 Å². The first-order chi connectivity index (χ1) is 6.56. The van der Waals surface area contributed by atoms with Crippen molar-refractivity contribution in [3.8, 4) is 5.75 Å². The highest BCUT2D eigenvalue weighted by Gasteiger charge is 2.16. The molecule has 1 rings (SSSR count). The van der Waals surface area contributed by atoms with E-state index in [1.165, 1.54) is 0 Å². The van der Waals surface area contributed by atoms with E-state index >= 15 is 0 Å². The predicted octanol–water partition coefficient (Wildman–Crippen LogP) is 2.15. The molecule has 0 spiro atoms. The lowest BCUT2D eigenvalue weighted by molar-refractivity contribution is 0.162. The molecule has 3 N–H and O–H groups in total. The number of halogens is 2. The van der Waals surface area contributed by atoms with Crippen LogP contribution < -0.4 is 10.5 Å². The zero-order chi connectivity index (χ0) is 10.7. The van der Waals surface area contributed by atoms with E-state index < -0.39 is 12.1 Å². The van der Waals surface area contributed by atoms with Gasteiger partial charge in [0.15, 0.2) is 0 Å². The molecular formula is C10H15Cl2NO2. The highest BCUT2D eigenvalue weighted by Crippen LogP contribution is 2.28. The monoisotopic (exact) mass is 251 g/mol. The van der Waals surface area contributed by atoms with Gasteiger partial charge in [0.25, 0.3) is 0 Å². The molecule has 0 saturated carbocycles. The summed E-state index contributed by atoms with van der Waals surface area (Å²) in [5.74, 6) is 0.641. The van der Waals surface area contributed by atoms with E-state index in [1.54, 1.807) is 32.2 Å². The maximum Gasteiger partial charge on any atom is 0.123 e. The molecule has 0 bridgehead atoms. The van der Waals surface area contributed by atoms with Gasteiger partial charge < -0.3 is 15.6 Å². The Balaban J connectivity index is 0.00000196. The van der Waals surface area contributed by atoms with E-state index in [9.17, 15) is 5.11 Å². The number of methoxy groups -OCH3 is 1. The molecule has 86 valence electrons. The molecule has 0 radical (unpaired) electrons. The SMILES string of the molecule is COc1ccc(Cl)cc1[C@H](N)[C@@H](C)O.Cl. The molecule has 3 nitrogen and oxygen atoms in total. The maximum atomic E-state index is 9.36. The van der Waals surface area contributed by atoms with Gasteiger partial charge >= 0.3 is 0 Å². The average Bonchev–Trinajstić information content (AvgIpc) is 2.16. The second-order valence-corrected chi connectivity index (χ2v) is 3.59. The largest absolute Gasteiger partial charge is 0.496 e. The fourth-order valence-corrected chi connectivity index (χ4v) is 1.41. The lowest BCUT2D eigenvalue weighted by atomic mass is 10.0. The third-order valence-corrected chi connectivity index (χ3v) is 2.31. The van der Waals surface area contributed by atoms with E-state index in [0.717, 1.165) is 5.56 Å². The van der Waals surface area contributed by atoms with E-state index in [0.29, 0.717) is 10.8 Å². The Morgan fingerprint density at radius 2 is 2.07 bits per heavy atom. The van der Waals surface area contributed by atoms with Crippen LogP contribution in [0.4, 0.5) is 0 Å². The van der Waals surface area contributed by atoms with Crippen LogP contribution in [0.2, 0.25) is 5.02 Å². The second kappa shape index (κ2) is 6.18. The zero-order valence-electron chi connectivity index (χ0n) is 8.61. The molecule has 0 aliphatic carbocycles. The van der Waals surface area contributed by atoms with Gasteiger partial charge in [0.2, 0.25) is 0 Å². The van der Waals surface area contributed by atoms with Crippen LogP contribution in [-0.4, -0.2) is 18.3 Å². The van der Waals surface area contributed by atoms with Crippen LogP contribution in [0.1, 0.15) is 18.5 Å². The highest BCUT2D eigenvalue weighted by atomic mass is 35.5. The molecule has 0 amide bonds. The number of nitrogens with two attached hydrogens (primary N) is 1. The minimum atomic E-state index is -0.637. The van der Waals surface area contributed by atoms with Crippen molar-refractivity contribution >= 4 is 24.0 Å². The summed E-state index contributed by atoms with van der Waals surface area (Å²) >= 11 is 5.83. The van der Waals surface area contributed by atoms with Gasteiger partial charge in [0.05, 0.1) is 19.3 Å². The first-order valence-corrected chi connectivity index (χ1v) is 4.71. The van der Waals surface area contributed by atoms with Crippen molar-refractivity contribution < 1.29 is 9.84 Å². The van der Waals surface area contributed by atoms with Crippen LogP contribution in [0.25, 0.3) is 0 Å². The molecule has 0 saturated heterocycles. The molecule has 5 heteroatoms. The number of hydrogen-bond acceptors (Lipinski definition) is 3. The molecule has 0 aliphatic heterocycles. The molecule has 0 aromatic heterocycles. The van der Waals surface area contributed by atoms with Crippen molar-refractivity contribution in [2.45, 2.75) is 19.1 Å². The van der Waals surface area contributed by atoms with Crippen LogP contribution >= 0.6 is 24.0 Å². The van der Waals surface area contributed by atoms with Crippen LogP contribution in [-0.2, 0) is 0 Å². The number of hydrogen-bond donors (Lipinski definition) is 2. The summed E-state index contributed by atoms with van der Waals surface area (Å²) in [7, 11) is 1.56. The summed E-state index contributed by atoms with van der Waals surface area (Å²) in [6.45, 7) is 1.63. The van der Waals surface area contributed by atoms with Gasteiger partial charge in [-0.15, -0.1) is 12.4 Å². The van der Waals surface area contributed by atoms with E-state index in [2.05, 4.69) is 0 Å². The normalized spacial score (nSPS) is 13.9. The van der Waals surface area contributed by atoms with Gasteiger partial charge in [-0.3, -0.25) is 0 Å². The number of ether oxygens (including phenoxy) is 1. The van der Waals surface area contributed by atoms with Crippen molar-refractivity contribution in [3.05, 3.63) is 28.8 Å². The van der Waals surface area contributed by atoms with Gasteiger partial charge in [0, 0.05) is 10.6 Å². The number of aliphatic hydroxyl groups excluding tert-OH is 1. The van der Waals surface area contributed by atoms with Crippen molar-refractivity contribution in [2.24, 2.45) is 5.73 Å². The zero-order valence-corrected chi connectivity index (χ0v) is 10.2. The van der Waals surface area contributed by atoms with Gasteiger partial charge in [-0.1, -0.05) is 11.6 Å². The summed E-state index contributed by atoms with van der Waals surface area (Å²) in [5.41, 5.74) is 6.51. The summed E-state index contributed by atoms with van der Waals surface area (Å²) < 4.78 is 5.12. The molecule has 15 heavy (non-hydrogen) atoms. The summed E-state index contributed by atoms with van der Waals surface area (Å²) in [6.07, 6.45) is -0.637. The Labute approximate surface area is 101 Å². The third-order valence-electron chi connectivity index (χ3n) is 2.07. The number of rotatable bonds is 3. The standard InChI is InChI=1S/C10H14ClNO2.ClH/c1-6(13)10(12)8-5-7(11)3-4-9(8)14-2;/h3-6,10,13H,12H2,1-2H3;1H/t6-,10-;/m1./s1. The Bertz CT molecular complexity index is 318. The van der Waals surface area contributed by atoms with E-state index in [1.807, 2.05) is 0 Å². The Morgan fingerprint density at radius 1 is 1.47 bits per heavy atom. The molecule has 0 heterocycles. The Morgan fingerprint density at radius 3 is 2.53 bits per heavy atom. The van der Waals surface area contributed by atoms with Gasteiger partial charge in [-0.25, -0.2) is 0 Å². The predicted molar refractivity (Wildman–Crippen MR) is 63.9 cm³/mol. The summed E-state index contributed by atoms with van der Waals surface area (Å²) in [6, 6.07) is 4.68. The van der Waals surface area contributed by atoms with Crippen molar-refractivity contribution in [1.29, 1.82) is 0 Å². The van der Waals surface area contributed by atoms with Gasteiger partial charge in [-0.2, -0.15) is 0 Å². The fourth-order valence-electron chi connectivity index (χ4n) is 1.23. The number of aliphatic hydroxyl groups is 1. The molecule has 0 unspecified atom stereocenters. The van der Waals surface area contributed by atoms with E-state index in [-0.39, 0.29) is 12.4 Å². The molecule has 1 aromatic rings. The topological polar surface area (TPSA) is 55.5 Å².